The lowest BCUT2D eigenvalue weighted by atomic mass is 10.0. The number of benzene rings is 3. The summed E-state index contributed by atoms with van der Waals surface area (Å²) in [4.78, 5) is 0. The first-order valence-corrected chi connectivity index (χ1v) is 7.14. The molecule has 0 aliphatic heterocycles. The number of nitrogen functional groups attached to an aromatic ring is 2. The van der Waals surface area contributed by atoms with Crippen molar-refractivity contribution in [1.82, 2.24) is 0 Å². The zero-order valence-electron chi connectivity index (χ0n) is 12.2. The molecule has 3 nitrogen and oxygen atoms in total. The van der Waals surface area contributed by atoms with Crippen LogP contribution in [0.4, 0.5) is 11.4 Å². The van der Waals surface area contributed by atoms with Crippen LogP contribution in [0, 0.1) is 0 Å². The van der Waals surface area contributed by atoms with Crippen LogP contribution in [-0.4, -0.2) is 0 Å². The third-order valence-corrected chi connectivity index (χ3v) is 3.49. The van der Waals surface area contributed by atoms with E-state index in [2.05, 4.69) is 0 Å². The van der Waals surface area contributed by atoms with Crippen molar-refractivity contribution in [3.8, 4) is 16.9 Å². The molecule has 0 saturated heterocycles. The summed E-state index contributed by atoms with van der Waals surface area (Å²) in [5.41, 5.74) is 16.4. The first-order valence-electron chi connectivity index (χ1n) is 7.14. The third kappa shape index (κ3) is 3.20. The van der Waals surface area contributed by atoms with E-state index in [1.807, 2.05) is 72.8 Å². The highest BCUT2D eigenvalue weighted by atomic mass is 16.5. The van der Waals surface area contributed by atoms with Gasteiger partial charge in [-0.1, -0.05) is 48.5 Å². The van der Waals surface area contributed by atoms with Gasteiger partial charge in [0, 0.05) is 5.69 Å². The molecule has 0 spiro atoms. The number of rotatable bonds is 4. The molecular formula is C19H18N2O. The summed E-state index contributed by atoms with van der Waals surface area (Å²) in [6, 6.07) is 23.6. The lowest BCUT2D eigenvalue weighted by Gasteiger charge is -2.11. The lowest BCUT2D eigenvalue weighted by Crippen LogP contribution is -1.98. The summed E-state index contributed by atoms with van der Waals surface area (Å²) in [6.07, 6.45) is 0. The Balaban J connectivity index is 1.76. The zero-order valence-corrected chi connectivity index (χ0v) is 12.2. The topological polar surface area (TPSA) is 61.3 Å². The quantitative estimate of drug-likeness (QED) is 0.711. The van der Waals surface area contributed by atoms with Crippen LogP contribution in [0.3, 0.4) is 0 Å². The molecule has 0 radical (unpaired) electrons. The van der Waals surface area contributed by atoms with Crippen LogP contribution >= 0.6 is 0 Å². The fourth-order valence-corrected chi connectivity index (χ4v) is 2.27. The molecule has 0 heterocycles. The maximum absolute atomic E-state index is 6.10. The molecule has 4 N–H and O–H groups in total. The van der Waals surface area contributed by atoms with E-state index in [4.69, 9.17) is 16.2 Å². The Labute approximate surface area is 130 Å². The number of hydrogen-bond acceptors (Lipinski definition) is 3. The highest BCUT2D eigenvalue weighted by Gasteiger charge is 2.04. The van der Waals surface area contributed by atoms with Gasteiger partial charge in [-0.15, -0.1) is 0 Å². The van der Waals surface area contributed by atoms with Crippen molar-refractivity contribution >= 4 is 11.4 Å². The van der Waals surface area contributed by atoms with Crippen LogP contribution in [0.1, 0.15) is 5.56 Å². The van der Waals surface area contributed by atoms with E-state index >= 15 is 0 Å². The Morgan fingerprint density at radius 1 is 0.727 bits per heavy atom. The third-order valence-electron chi connectivity index (χ3n) is 3.49. The van der Waals surface area contributed by atoms with Crippen molar-refractivity contribution in [2.45, 2.75) is 6.61 Å². The lowest BCUT2D eigenvalue weighted by molar-refractivity contribution is 0.308. The summed E-state index contributed by atoms with van der Waals surface area (Å²) >= 11 is 0. The van der Waals surface area contributed by atoms with Gasteiger partial charge in [0.05, 0.1) is 5.69 Å². The van der Waals surface area contributed by atoms with Crippen LogP contribution in [0.2, 0.25) is 0 Å². The minimum absolute atomic E-state index is 0.506. The largest absolute Gasteiger partial charge is 0.487 e. The summed E-state index contributed by atoms with van der Waals surface area (Å²) in [6.45, 7) is 0.506. The van der Waals surface area contributed by atoms with Gasteiger partial charge in [0.2, 0.25) is 0 Å². The Morgan fingerprint density at radius 2 is 1.41 bits per heavy atom. The van der Waals surface area contributed by atoms with Gasteiger partial charge in [0.25, 0.3) is 0 Å². The molecule has 0 aliphatic carbocycles. The maximum Gasteiger partial charge on any atom is 0.142 e. The standard InChI is InChI=1S/C19H18N2O/c20-17-9-6-15(7-10-17)16-8-11-19(18(21)12-16)22-13-14-4-2-1-3-5-14/h1-12H,13,20-21H2. The molecule has 22 heavy (non-hydrogen) atoms. The van der Waals surface area contributed by atoms with Crippen LogP contribution in [0.5, 0.6) is 5.75 Å². The van der Waals surface area contributed by atoms with E-state index in [1.54, 1.807) is 0 Å². The van der Waals surface area contributed by atoms with Gasteiger partial charge in [-0.25, -0.2) is 0 Å². The first kappa shape index (κ1) is 14.0. The van der Waals surface area contributed by atoms with Crippen LogP contribution in [0.15, 0.2) is 72.8 Å². The van der Waals surface area contributed by atoms with Crippen molar-refractivity contribution in [1.29, 1.82) is 0 Å². The minimum Gasteiger partial charge on any atom is -0.487 e. The molecule has 3 heteroatoms. The summed E-state index contributed by atoms with van der Waals surface area (Å²) in [5.74, 6) is 0.697. The molecule has 0 amide bonds. The molecular weight excluding hydrogens is 272 g/mol. The average molecular weight is 290 g/mol. The van der Waals surface area contributed by atoms with Gasteiger partial charge >= 0.3 is 0 Å². The van der Waals surface area contributed by atoms with E-state index in [1.165, 1.54) is 0 Å². The average Bonchev–Trinajstić information content (AvgIpc) is 2.55. The smallest absolute Gasteiger partial charge is 0.142 e. The number of ether oxygens (including phenoxy) is 1. The summed E-state index contributed by atoms with van der Waals surface area (Å²) in [5, 5.41) is 0. The second kappa shape index (κ2) is 6.22. The Morgan fingerprint density at radius 3 is 2.09 bits per heavy atom. The zero-order chi connectivity index (χ0) is 15.4. The van der Waals surface area contributed by atoms with E-state index in [0.29, 0.717) is 18.0 Å². The second-order valence-corrected chi connectivity index (χ2v) is 5.15. The van der Waals surface area contributed by atoms with E-state index in [9.17, 15) is 0 Å². The van der Waals surface area contributed by atoms with Gasteiger partial charge in [-0.05, 0) is 41.0 Å². The van der Waals surface area contributed by atoms with Gasteiger partial charge in [-0.3, -0.25) is 0 Å². The highest BCUT2D eigenvalue weighted by Crippen LogP contribution is 2.29. The first-order chi connectivity index (χ1) is 10.7. The monoisotopic (exact) mass is 290 g/mol. The summed E-state index contributed by atoms with van der Waals surface area (Å²) < 4.78 is 5.79. The number of anilines is 2. The van der Waals surface area contributed by atoms with Crippen molar-refractivity contribution in [2.24, 2.45) is 0 Å². The van der Waals surface area contributed by atoms with Crippen LogP contribution in [-0.2, 0) is 6.61 Å². The fourth-order valence-electron chi connectivity index (χ4n) is 2.27. The molecule has 0 atom stereocenters. The Hall–Kier alpha value is -2.94. The van der Waals surface area contributed by atoms with Crippen LogP contribution < -0.4 is 16.2 Å². The predicted molar refractivity (Wildman–Crippen MR) is 91.5 cm³/mol. The molecule has 0 fully saturated rings. The normalized spacial score (nSPS) is 10.4. The predicted octanol–water partition coefficient (Wildman–Crippen LogP) is 4.10. The van der Waals surface area contributed by atoms with Crippen LogP contribution in [0.25, 0.3) is 11.1 Å². The fraction of sp³-hybridized carbons (Fsp3) is 0.0526. The van der Waals surface area contributed by atoms with Gasteiger partial charge in [-0.2, -0.15) is 0 Å². The van der Waals surface area contributed by atoms with Gasteiger partial charge < -0.3 is 16.2 Å². The Kier molecular flexibility index (Phi) is 3.97. The second-order valence-electron chi connectivity index (χ2n) is 5.15. The van der Waals surface area contributed by atoms with Gasteiger partial charge in [0.15, 0.2) is 0 Å². The SMILES string of the molecule is Nc1ccc(-c2ccc(OCc3ccccc3)c(N)c2)cc1. The molecule has 0 aromatic heterocycles. The maximum atomic E-state index is 6.10. The minimum atomic E-state index is 0.506. The molecule has 3 aromatic rings. The molecule has 110 valence electrons. The molecule has 0 saturated carbocycles. The summed E-state index contributed by atoms with van der Waals surface area (Å²) in [7, 11) is 0. The highest BCUT2D eigenvalue weighted by molar-refractivity contribution is 5.71. The van der Waals surface area contributed by atoms with Gasteiger partial charge in [0.1, 0.15) is 12.4 Å². The van der Waals surface area contributed by atoms with Crippen molar-refractivity contribution in [3.05, 3.63) is 78.4 Å². The molecule has 3 aromatic carbocycles. The van der Waals surface area contributed by atoms with E-state index in [-0.39, 0.29) is 0 Å². The van der Waals surface area contributed by atoms with Crippen molar-refractivity contribution in [3.63, 3.8) is 0 Å². The molecule has 0 unspecified atom stereocenters. The molecule has 0 aliphatic rings. The van der Waals surface area contributed by atoms with E-state index < -0.39 is 0 Å². The Bertz CT molecular complexity index is 752. The van der Waals surface area contributed by atoms with Crippen molar-refractivity contribution in [2.75, 3.05) is 11.5 Å². The van der Waals surface area contributed by atoms with Crippen molar-refractivity contribution < 1.29 is 4.74 Å². The number of hydrogen-bond donors (Lipinski definition) is 2. The molecule has 3 rings (SSSR count). The van der Waals surface area contributed by atoms with E-state index in [0.717, 1.165) is 22.4 Å². The molecule has 0 bridgehead atoms. The number of nitrogens with two attached hydrogens (primary N) is 2.